The molecule has 2 atom stereocenters. The summed E-state index contributed by atoms with van der Waals surface area (Å²) in [6.07, 6.45) is 3.41. The third-order valence-electron chi connectivity index (χ3n) is 7.02. The molecule has 37 heavy (non-hydrogen) atoms. The monoisotopic (exact) mass is 513 g/mol. The quantitative estimate of drug-likeness (QED) is 0.248. The molecule has 1 N–H and O–H groups in total. The lowest BCUT2D eigenvalue weighted by molar-refractivity contribution is -0.139. The van der Waals surface area contributed by atoms with E-state index in [1.54, 1.807) is 30.3 Å². The first-order chi connectivity index (χ1) is 17.7. The number of carbonyl (C=O) groups is 1. The van der Waals surface area contributed by atoms with Crippen LogP contribution in [0.1, 0.15) is 68.2 Å². The van der Waals surface area contributed by atoms with Crippen molar-refractivity contribution in [2.24, 2.45) is 5.92 Å². The molecule has 196 valence electrons. The second kappa shape index (κ2) is 11.5. The molecular formula is C30H31F4NO2. The summed E-state index contributed by atoms with van der Waals surface area (Å²) in [7, 11) is 0. The Morgan fingerprint density at radius 1 is 0.865 bits per heavy atom. The number of halogens is 4. The van der Waals surface area contributed by atoms with Gasteiger partial charge in [0.25, 0.3) is 0 Å². The first-order valence-corrected chi connectivity index (χ1v) is 12.7. The second-order valence-corrected chi connectivity index (χ2v) is 10.2. The van der Waals surface area contributed by atoms with Gasteiger partial charge in [0.15, 0.2) is 17.5 Å². The van der Waals surface area contributed by atoms with E-state index in [1.807, 2.05) is 13.8 Å². The zero-order valence-electron chi connectivity index (χ0n) is 21.0. The van der Waals surface area contributed by atoms with Crippen LogP contribution in [0.2, 0.25) is 0 Å². The number of hydrogen-bond acceptors (Lipinski definition) is 2. The molecule has 1 unspecified atom stereocenters. The molecule has 1 heterocycles. The summed E-state index contributed by atoms with van der Waals surface area (Å²) in [6.45, 7) is 5.41. The smallest absolute Gasteiger partial charge is 0.310 e. The molecule has 1 aliphatic rings. The Hall–Kier alpha value is -3.19. The Morgan fingerprint density at radius 3 is 2.03 bits per heavy atom. The number of rotatable bonds is 8. The molecule has 0 saturated carbocycles. The highest BCUT2D eigenvalue weighted by Crippen LogP contribution is 2.40. The van der Waals surface area contributed by atoms with Crippen molar-refractivity contribution < 1.29 is 27.5 Å². The zero-order valence-corrected chi connectivity index (χ0v) is 21.0. The minimum atomic E-state index is -1.56. The number of piperidine rings is 1. The van der Waals surface area contributed by atoms with Crippen molar-refractivity contribution in [1.82, 2.24) is 4.90 Å². The Balaban J connectivity index is 1.95. The average molecular weight is 514 g/mol. The normalized spacial score (nSPS) is 16.1. The summed E-state index contributed by atoms with van der Waals surface area (Å²) >= 11 is 0. The summed E-state index contributed by atoms with van der Waals surface area (Å²) in [5, 5.41) is 9.93. The van der Waals surface area contributed by atoms with E-state index in [0.29, 0.717) is 23.1 Å². The van der Waals surface area contributed by atoms with E-state index in [9.17, 15) is 27.5 Å². The van der Waals surface area contributed by atoms with Crippen molar-refractivity contribution in [2.75, 3.05) is 13.1 Å². The van der Waals surface area contributed by atoms with Crippen LogP contribution in [0.15, 0.2) is 54.6 Å². The summed E-state index contributed by atoms with van der Waals surface area (Å²) < 4.78 is 56.4. The van der Waals surface area contributed by atoms with Crippen LogP contribution < -0.4 is 0 Å². The highest BCUT2D eigenvalue weighted by Gasteiger charge is 2.29. The third kappa shape index (κ3) is 6.04. The van der Waals surface area contributed by atoms with Crippen molar-refractivity contribution >= 4 is 5.97 Å². The second-order valence-electron chi connectivity index (χ2n) is 10.2. The number of benzene rings is 3. The van der Waals surface area contributed by atoms with Gasteiger partial charge in [0, 0.05) is 0 Å². The van der Waals surface area contributed by atoms with E-state index >= 15 is 0 Å². The van der Waals surface area contributed by atoms with Crippen molar-refractivity contribution in [3.8, 4) is 11.1 Å². The summed E-state index contributed by atoms with van der Waals surface area (Å²) in [6, 6.07) is 12.8. The van der Waals surface area contributed by atoms with Crippen LogP contribution in [-0.2, 0) is 4.79 Å². The van der Waals surface area contributed by atoms with Crippen LogP contribution in [0, 0.1) is 29.2 Å². The van der Waals surface area contributed by atoms with Gasteiger partial charge in [0.1, 0.15) is 5.82 Å². The third-order valence-corrected chi connectivity index (χ3v) is 7.02. The summed E-state index contributed by atoms with van der Waals surface area (Å²) in [5.74, 6) is -6.28. The molecule has 3 aromatic rings. The van der Waals surface area contributed by atoms with Gasteiger partial charge >= 0.3 is 5.97 Å². The molecule has 0 spiro atoms. The lowest BCUT2D eigenvalue weighted by Crippen LogP contribution is -2.34. The van der Waals surface area contributed by atoms with E-state index in [0.717, 1.165) is 50.0 Å². The molecular weight excluding hydrogens is 482 g/mol. The number of nitrogens with zero attached hydrogens (tertiary/aromatic N) is 1. The van der Waals surface area contributed by atoms with Crippen LogP contribution in [-0.4, -0.2) is 29.1 Å². The average Bonchev–Trinajstić information content (AvgIpc) is 2.87. The van der Waals surface area contributed by atoms with Gasteiger partial charge in [-0.2, -0.15) is 0 Å². The Morgan fingerprint density at radius 2 is 1.46 bits per heavy atom. The SMILES string of the molecule is CC(C)C[C@@H](C(=O)O)c1ccc(C(c2ccc(F)cc2)N2CCCCC2)c(-c2cc(F)c(F)c(F)c2)c1. The molecule has 3 nitrogen and oxygen atoms in total. The van der Waals surface area contributed by atoms with E-state index in [1.165, 1.54) is 12.1 Å². The van der Waals surface area contributed by atoms with Gasteiger partial charge < -0.3 is 5.11 Å². The predicted octanol–water partition coefficient (Wildman–Crippen LogP) is 7.70. The number of aliphatic carboxylic acids is 1. The maximum atomic E-state index is 14.4. The van der Waals surface area contributed by atoms with Gasteiger partial charge in [-0.3, -0.25) is 9.69 Å². The molecule has 1 aliphatic heterocycles. The number of hydrogen-bond donors (Lipinski definition) is 1. The maximum absolute atomic E-state index is 14.4. The predicted molar refractivity (Wildman–Crippen MR) is 135 cm³/mol. The van der Waals surface area contributed by atoms with Crippen LogP contribution in [0.4, 0.5) is 17.6 Å². The van der Waals surface area contributed by atoms with Gasteiger partial charge in [0.2, 0.25) is 0 Å². The van der Waals surface area contributed by atoms with Gasteiger partial charge in [-0.1, -0.05) is 44.5 Å². The van der Waals surface area contributed by atoms with Crippen LogP contribution in [0.5, 0.6) is 0 Å². The van der Waals surface area contributed by atoms with Crippen molar-refractivity contribution in [3.05, 3.63) is 94.6 Å². The van der Waals surface area contributed by atoms with E-state index in [-0.39, 0.29) is 23.3 Å². The Kier molecular flexibility index (Phi) is 8.32. The van der Waals surface area contributed by atoms with Crippen LogP contribution in [0.25, 0.3) is 11.1 Å². The molecule has 0 aromatic heterocycles. The largest absolute Gasteiger partial charge is 0.481 e. The fourth-order valence-electron chi connectivity index (χ4n) is 5.25. The van der Waals surface area contributed by atoms with Gasteiger partial charge in [-0.05, 0) is 96.4 Å². The Labute approximate surface area is 214 Å². The molecule has 7 heteroatoms. The lowest BCUT2D eigenvalue weighted by atomic mass is 9.84. The van der Waals surface area contributed by atoms with Crippen LogP contribution in [0.3, 0.4) is 0 Å². The minimum absolute atomic E-state index is 0.102. The highest BCUT2D eigenvalue weighted by molar-refractivity contribution is 5.78. The standard InChI is InChI=1S/C30H31F4NO2/c1-18(2)14-25(30(36)37)20-8-11-23(24(15-20)21-16-26(32)28(34)27(33)17-21)29(35-12-4-3-5-13-35)19-6-9-22(31)10-7-19/h6-11,15-18,25,29H,3-5,12-14H2,1-2H3,(H,36,37)/t25-,29?/m1/s1. The molecule has 0 bridgehead atoms. The van der Waals surface area contributed by atoms with E-state index in [4.69, 9.17) is 0 Å². The van der Waals surface area contributed by atoms with Crippen molar-refractivity contribution in [3.63, 3.8) is 0 Å². The number of carboxylic acids is 1. The molecule has 4 rings (SSSR count). The first kappa shape index (κ1) is 26.9. The van der Waals surface area contributed by atoms with Gasteiger partial charge in [-0.15, -0.1) is 0 Å². The zero-order chi connectivity index (χ0) is 26.7. The van der Waals surface area contributed by atoms with Crippen LogP contribution >= 0.6 is 0 Å². The summed E-state index contributed by atoms with van der Waals surface area (Å²) in [5.41, 5.74) is 2.53. The first-order valence-electron chi connectivity index (χ1n) is 12.7. The maximum Gasteiger partial charge on any atom is 0.310 e. The van der Waals surface area contributed by atoms with E-state index in [2.05, 4.69) is 4.90 Å². The number of likely N-dealkylation sites (tertiary alicyclic amines) is 1. The highest BCUT2D eigenvalue weighted by atomic mass is 19.2. The molecule has 0 radical (unpaired) electrons. The molecule has 0 aliphatic carbocycles. The lowest BCUT2D eigenvalue weighted by Gasteiger charge is -2.36. The molecule has 0 amide bonds. The fourth-order valence-corrected chi connectivity index (χ4v) is 5.25. The van der Waals surface area contributed by atoms with Gasteiger partial charge in [-0.25, -0.2) is 17.6 Å². The topological polar surface area (TPSA) is 40.5 Å². The minimum Gasteiger partial charge on any atom is -0.481 e. The molecule has 3 aromatic carbocycles. The molecule has 1 saturated heterocycles. The summed E-state index contributed by atoms with van der Waals surface area (Å²) in [4.78, 5) is 14.4. The van der Waals surface area contributed by atoms with Crippen molar-refractivity contribution in [1.29, 1.82) is 0 Å². The van der Waals surface area contributed by atoms with Gasteiger partial charge in [0.05, 0.1) is 12.0 Å². The fraction of sp³-hybridized carbons (Fsp3) is 0.367. The Bertz CT molecular complexity index is 1230. The van der Waals surface area contributed by atoms with E-state index < -0.39 is 29.3 Å². The van der Waals surface area contributed by atoms with Crippen molar-refractivity contribution in [2.45, 2.75) is 51.5 Å². The molecule has 1 fully saturated rings. The number of carboxylic acid groups (broad SMARTS) is 1.